The molecule has 1 fully saturated rings. The van der Waals surface area contributed by atoms with E-state index in [0.29, 0.717) is 12.1 Å². The molecule has 0 spiro atoms. The summed E-state index contributed by atoms with van der Waals surface area (Å²) in [6.07, 6.45) is -5.72. The zero-order valence-electron chi connectivity index (χ0n) is 20.0. The SMILES string of the molecule is CNS(=O)(=O)O[C@@H]1C[C@@H](Nc2ncncc2C(=O)c2ccn(Cc3ccc(F)c(C(F)(F)F)c3)n2)[C@H](O)[C@H]1O. The Morgan fingerprint density at radius 2 is 1.97 bits per heavy atom. The number of alkyl halides is 3. The fraction of sp³-hybridized carbons (Fsp3) is 0.364. The smallest absolute Gasteiger partial charge is 0.388 e. The van der Waals surface area contributed by atoms with Gasteiger partial charge >= 0.3 is 16.5 Å². The highest BCUT2D eigenvalue weighted by Gasteiger charge is 2.44. The van der Waals surface area contributed by atoms with Gasteiger partial charge in [0.05, 0.1) is 23.7 Å². The number of hydrogen-bond acceptors (Lipinski definition) is 10. The molecule has 1 aliphatic carbocycles. The largest absolute Gasteiger partial charge is 0.419 e. The Bertz CT molecular complexity index is 1470. The molecule has 3 aromatic rings. The third kappa shape index (κ3) is 6.39. The third-order valence-electron chi connectivity index (χ3n) is 5.96. The van der Waals surface area contributed by atoms with Crippen LogP contribution in [0.4, 0.5) is 23.4 Å². The number of halogens is 4. The molecule has 4 N–H and O–H groups in total. The van der Waals surface area contributed by atoms with Crippen LogP contribution >= 0.6 is 0 Å². The van der Waals surface area contributed by atoms with Gasteiger partial charge in [0, 0.05) is 25.9 Å². The van der Waals surface area contributed by atoms with Gasteiger partial charge in [0.2, 0.25) is 5.78 Å². The molecule has 2 aromatic heterocycles. The molecule has 2 heterocycles. The van der Waals surface area contributed by atoms with Crippen LogP contribution in [0.15, 0.2) is 43.0 Å². The highest BCUT2D eigenvalue weighted by atomic mass is 32.2. The van der Waals surface area contributed by atoms with Gasteiger partial charge in [-0.15, -0.1) is 0 Å². The minimum absolute atomic E-state index is 0.0497. The summed E-state index contributed by atoms with van der Waals surface area (Å²) in [5, 5.41) is 27.5. The number of aromatic nitrogens is 4. The number of carbonyl (C=O) groups excluding carboxylic acids is 1. The standard InChI is InChI=1S/C22H22F4N6O6S/c1-27-39(36,37)38-17-7-16(19(34)20(17)35)30-21-12(8-28-10-29-21)18(33)15-4-5-32(31-15)9-11-2-3-14(23)13(6-11)22(24,25)26/h2-6,8,10,16-17,19-20,27,34-35H,7,9H2,1H3,(H,28,29,30)/t16-,17-,19+,20+/m1/s1. The zero-order chi connectivity index (χ0) is 28.5. The molecule has 12 nitrogen and oxygen atoms in total. The van der Waals surface area contributed by atoms with Crippen molar-refractivity contribution in [2.75, 3.05) is 12.4 Å². The average Bonchev–Trinajstić information content (AvgIpc) is 3.44. The molecule has 210 valence electrons. The summed E-state index contributed by atoms with van der Waals surface area (Å²) in [6, 6.07) is 2.88. The number of anilines is 1. The number of benzene rings is 1. The Labute approximate surface area is 218 Å². The quantitative estimate of drug-likeness (QED) is 0.213. The lowest BCUT2D eigenvalue weighted by atomic mass is 10.1. The molecule has 0 bridgehead atoms. The molecule has 0 saturated heterocycles. The number of hydrogen-bond donors (Lipinski definition) is 4. The van der Waals surface area contributed by atoms with Gasteiger partial charge in [-0.3, -0.25) is 13.7 Å². The van der Waals surface area contributed by atoms with Crippen LogP contribution in [0, 0.1) is 5.82 Å². The first-order chi connectivity index (χ1) is 18.3. The first-order valence-electron chi connectivity index (χ1n) is 11.3. The monoisotopic (exact) mass is 574 g/mol. The maximum absolute atomic E-state index is 13.6. The first-order valence-corrected chi connectivity index (χ1v) is 12.7. The van der Waals surface area contributed by atoms with Crippen LogP contribution in [-0.2, 0) is 27.2 Å². The maximum Gasteiger partial charge on any atom is 0.419 e. The van der Waals surface area contributed by atoms with Gasteiger partial charge in [-0.1, -0.05) is 6.07 Å². The van der Waals surface area contributed by atoms with Crippen molar-refractivity contribution in [2.45, 2.75) is 43.5 Å². The molecule has 4 atom stereocenters. The summed E-state index contributed by atoms with van der Waals surface area (Å²) < 4.78 is 83.9. The molecular weight excluding hydrogens is 552 g/mol. The van der Waals surface area contributed by atoms with Crippen molar-refractivity contribution in [2.24, 2.45) is 0 Å². The maximum atomic E-state index is 13.6. The Balaban J connectivity index is 1.50. The van der Waals surface area contributed by atoms with Crippen molar-refractivity contribution in [3.63, 3.8) is 0 Å². The van der Waals surface area contributed by atoms with Gasteiger partial charge in [-0.2, -0.15) is 31.4 Å². The number of nitrogens with one attached hydrogen (secondary N) is 2. The summed E-state index contributed by atoms with van der Waals surface area (Å²) >= 11 is 0. The van der Waals surface area contributed by atoms with E-state index in [0.717, 1.165) is 13.4 Å². The van der Waals surface area contributed by atoms with Crippen LogP contribution in [0.5, 0.6) is 0 Å². The number of aliphatic hydroxyl groups excluding tert-OH is 2. The summed E-state index contributed by atoms with van der Waals surface area (Å²) in [7, 11) is -3.05. The second-order valence-corrected chi connectivity index (χ2v) is 10.1. The lowest BCUT2D eigenvalue weighted by Crippen LogP contribution is -2.38. The summed E-state index contributed by atoms with van der Waals surface area (Å²) in [4.78, 5) is 21.0. The predicted molar refractivity (Wildman–Crippen MR) is 125 cm³/mol. The summed E-state index contributed by atoms with van der Waals surface area (Å²) in [6.45, 7) is -0.184. The molecule has 0 amide bonds. The molecule has 0 unspecified atom stereocenters. The molecule has 1 saturated carbocycles. The molecule has 17 heteroatoms. The van der Waals surface area contributed by atoms with Crippen LogP contribution in [0.3, 0.4) is 0 Å². The Kier molecular flexibility index (Phi) is 7.99. The average molecular weight is 575 g/mol. The molecule has 1 aliphatic rings. The van der Waals surface area contributed by atoms with Gasteiger partial charge in [0.25, 0.3) is 0 Å². The number of aliphatic hydroxyl groups is 2. The number of nitrogens with zero attached hydrogens (tertiary/aromatic N) is 4. The number of carbonyl (C=O) groups is 1. The van der Waals surface area contributed by atoms with Crippen LogP contribution in [0.25, 0.3) is 0 Å². The van der Waals surface area contributed by atoms with Crippen LogP contribution in [0.2, 0.25) is 0 Å². The van der Waals surface area contributed by atoms with E-state index < -0.39 is 58.0 Å². The fourth-order valence-corrected chi connectivity index (χ4v) is 4.62. The summed E-state index contributed by atoms with van der Waals surface area (Å²) in [5.74, 6) is -2.13. The Morgan fingerprint density at radius 1 is 1.23 bits per heavy atom. The molecule has 39 heavy (non-hydrogen) atoms. The van der Waals surface area contributed by atoms with Crippen molar-refractivity contribution in [1.82, 2.24) is 24.5 Å². The van der Waals surface area contributed by atoms with Gasteiger partial charge in [0.15, 0.2) is 0 Å². The zero-order valence-corrected chi connectivity index (χ0v) is 20.8. The minimum Gasteiger partial charge on any atom is -0.388 e. The van der Waals surface area contributed by atoms with Crippen molar-refractivity contribution < 1.29 is 45.2 Å². The molecule has 4 rings (SSSR count). The van der Waals surface area contributed by atoms with E-state index in [1.165, 1.54) is 29.2 Å². The predicted octanol–water partition coefficient (Wildman–Crippen LogP) is 0.866. The number of rotatable bonds is 9. The van der Waals surface area contributed by atoms with E-state index in [4.69, 9.17) is 4.18 Å². The highest BCUT2D eigenvalue weighted by Crippen LogP contribution is 2.32. The van der Waals surface area contributed by atoms with E-state index in [2.05, 4.69) is 20.4 Å². The van der Waals surface area contributed by atoms with Crippen molar-refractivity contribution >= 4 is 21.9 Å². The lowest BCUT2D eigenvalue weighted by molar-refractivity contribution is -0.140. The van der Waals surface area contributed by atoms with Gasteiger partial charge < -0.3 is 15.5 Å². The fourth-order valence-electron chi connectivity index (χ4n) is 4.01. The molecule has 1 aromatic carbocycles. The Morgan fingerprint density at radius 3 is 2.67 bits per heavy atom. The van der Waals surface area contributed by atoms with Gasteiger partial charge in [0.1, 0.15) is 42.0 Å². The van der Waals surface area contributed by atoms with E-state index in [1.807, 2.05) is 4.72 Å². The number of ketones is 1. The third-order valence-corrected chi connectivity index (χ3v) is 6.96. The van der Waals surface area contributed by atoms with E-state index in [9.17, 15) is 41.0 Å². The van der Waals surface area contributed by atoms with Crippen molar-refractivity contribution in [3.8, 4) is 0 Å². The second-order valence-electron chi connectivity index (χ2n) is 8.59. The second kappa shape index (κ2) is 10.9. The van der Waals surface area contributed by atoms with Gasteiger partial charge in [-0.25, -0.2) is 14.4 Å². The molecule has 0 aliphatic heterocycles. The first kappa shape index (κ1) is 28.5. The van der Waals surface area contributed by atoms with E-state index in [1.54, 1.807) is 0 Å². The van der Waals surface area contributed by atoms with E-state index >= 15 is 0 Å². The summed E-state index contributed by atoms with van der Waals surface area (Å²) in [5.41, 5.74) is -1.52. The van der Waals surface area contributed by atoms with Crippen molar-refractivity contribution in [3.05, 3.63) is 71.2 Å². The van der Waals surface area contributed by atoms with Gasteiger partial charge in [-0.05, 0) is 23.8 Å². The van der Waals surface area contributed by atoms with E-state index in [-0.39, 0.29) is 35.6 Å². The minimum atomic E-state index is -4.88. The molecule has 0 radical (unpaired) electrons. The normalized spacial score (nSPS) is 21.7. The lowest BCUT2D eigenvalue weighted by Gasteiger charge is -2.19. The highest BCUT2D eigenvalue weighted by molar-refractivity contribution is 7.84. The molecular formula is C22H22F4N6O6S. The topological polar surface area (TPSA) is 169 Å². The Hall–Kier alpha value is -3.51. The van der Waals surface area contributed by atoms with Crippen LogP contribution in [-0.4, -0.2) is 75.6 Å². The van der Waals surface area contributed by atoms with Crippen LogP contribution < -0.4 is 10.0 Å². The van der Waals surface area contributed by atoms with Crippen LogP contribution in [0.1, 0.15) is 33.6 Å². The van der Waals surface area contributed by atoms with Crippen molar-refractivity contribution in [1.29, 1.82) is 0 Å².